The fraction of sp³-hybridized carbons (Fsp3) is 0.536. The maximum atomic E-state index is 13.7. The van der Waals surface area contributed by atoms with Gasteiger partial charge in [0, 0.05) is 50.9 Å². The molecular formula is C28H35F2N7O3S. The van der Waals surface area contributed by atoms with Gasteiger partial charge in [-0.3, -0.25) is 4.72 Å². The molecule has 0 radical (unpaired) electrons. The maximum absolute atomic E-state index is 13.7. The van der Waals surface area contributed by atoms with E-state index < -0.39 is 22.6 Å². The number of piperidine rings is 2. The Morgan fingerprint density at radius 3 is 2.32 bits per heavy atom. The van der Waals surface area contributed by atoms with Crippen LogP contribution < -0.4 is 14.5 Å². The number of aliphatic hydroxyl groups is 1. The van der Waals surface area contributed by atoms with Crippen LogP contribution >= 0.6 is 0 Å². The summed E-state index contributed by atoms with van der Waals surface area (Å²) in [7, 11) is -3.67. The lowest BCUT2D eigenvalue weighted by atomic mass is 9.93. The highest BCUT2D eigenvalue weighted by molar-refractivity contribution is 7.92. The summed E-state index contributed by atoms with van der Waals surface area (Å²) >= 11 is 0. The SMILES string of the molecule is Cc1cc(-c2cn(-c3ccc(NS(=O)(=O)CCO)cc3N3CCC4(CC3)CC4)cn2)nc(N2CCC(F)(F)CC2)n1. The van der Waals surface area contributed by atoms with Crippen LogP contribution in [0.1, 0.15) is 44.2 Å². The van der Waals surface area contributed by atoms with Gasteiger partial charge >= 0.3 is 0 Å². The number of aliphatic hydroxyl groups excluding tert-OH is 1. The van der Waals surface area contributed by atoms with Gasteiger partial charge in [-0.1, -0.05) is 0 Å². The van der Waals surface area contributed by atoms with E-state index in [1.807, 2.05) is 35.9 Å². The van der Waals surface area contributed by atoms with Gasteiger partial charge in [0.15, 0.2) is 0 Å². The number of nitrogens with zero attached hydrogens (tertiary/aromatic N) is 6. The second kappa shape index (κ2) is 10.5. The van der Waals surface area contributed by atoms with Gasteiger partial charge < -0.3 is 19.5 Å². The summed E-state index contributed by atoms with van der Waals surface area (Å²) in [6.45, 7) is 3.54. The molecule has 0 amide bonds. The summed E-state index contributed by atoms with van der Waals surface area (Å²) in [5, 5.41) is 9.13. The van der Waals surface area contributed by atoms with Crippen molar-refractivity contribution >= 4 is 27.3 Å². The van der Waals surface area contributed by atoms with Gasteiger partial charge in [-0.05, 0) is 62.3 Å². The molecule has 2 N–H and O–H groups in total. The van der Waals surface area contributed by atoms with Crippen LogP contribution in [0.3, 0.4) is 0 Å². The molecule has 3 aliphatic rings. The molecule has 10 nitrogen and oxygen atoms in total. The van der Waals surface area contributed by atoms with Crippen LogP contribution in [0.2, 0.25) is 0 Å². The first-order valence-electron chi connectivity index (χ1n) is 14.1. The number of alkyl halides is 2. The summed E-state index contributed by atoms with van der Waals surface area (Å²) in [6.07, 6.45) is 7.90. The third kappa shape index (κ3) is 6.15. The monoisotopic (exact) mass is 587 g/mol. The smallest absolute Gasteiger partial charge is 0.251 e. The van der Waals surface area contributed by atoms with Crippen molar-refractivity contribution in [2.75, 3.05) is 53.1 Å². The number of benzene rings is 1. The summed E-state index contributed by atoms with van der Waals surface area (Å²) in [6, 6.07) is 7.24. The van der Waals surface area contributed by atoms with Crippen molar-refractivity contribution < 1.29 is 22.3 Å². The molecule has 13 heteroatoms. The van der Waals surface area contributed by atoms with Crippen molar-refractivity contribution in [3.63, 3.8) is 0 Å². The normalized spacial score (nSPS) is 19.9. The highest BCUT2D eigenvalue weighted by atomic mass is 32.2. The lowest BCUT2D eigenvalue weighted by molar-refractivity contribution is -0.0222. The fourth-order valence-corrected chi connectivity index (χ4v) is 6.58. The number of imidazole rings is 1. The van der Waals surface area contributed by atoms with Crippen molar-refractivity contribution in [1.82, 2.24) is 19.5 Å². The molecule has 4 heterocycles. The van der Waals surface area contributed by atoms with E-state index in [0.717, 1.165) is 43.0 Å². The van der Waals surface area contributed by atoms with Gasteiger partial charge in [0.2, 0.25) is 16.0 Å². The van der Waals surface area contributed by atoms with Crippen LogP contribution in [-0.4, -0.2) is 77.5 Å². The van der Waals surface area contributed by atoms with Crippen molar-refractivity contribution in [3.8, 4) is 17.1 Å². The summed E-state index contributed by atoms with van der Waals surface area (Å²) in [5.41, 5.74) is 4.60. The minimum absolute atomic E-state index is 0.194. The Hall–Kier alpha value is -3.32. The van der Waals surface area contributed by atoms with E-state index in [1.165, 1.54) is 12.8 Å². The van der Waals surface area contributed by atoms with Crippen LogP contribution in [0.15, 0.2) is 36.8 Å². The third-order valence-electron chi connectivity index (χ3n) is 8.47. The predicted molar refractivity (Wildman–Crippen MR) is 153 cm³/mol. The third-order valence-corrected chi connectivity index (χ3v) is 9.74. The van der Waals surface area contributed by atoms with E-state index >= 15 is 0 Å². The quantitative estimate of drug-likeness (QED) is 0.407. The van der Waals surface area contributed by atoms with Crippen molar-refractivity contribution in [2.45, 2.75) is 51.4 Å². The number of hydrogen-bond acceptors (Lipinski definition) is 8. The molecule has 2 saturated heterocycles. The lowest BCUT2D eigenvalue weighted by Crippen LogP contribution is -2.40. The Kier molecular flexibility index (Phi) is 7.13. The van der Waals surface area contributed by atoms with Crippen LogP contribution in [0, 0.1) is 12.3 Å². The van der Waals surface area contributed by atoms with Gasteiger partial charge in [-0.15, -0.1) is 0 Å². The molecule has 0 unspecified atom stereocenters. The number of anilines is 3. The van der Waals surface area contributed by atoms with Gasteiger partial charge in [0.25, 0.3) is 5.92 Å². The van der Waals surface area contributed by atoms with Crippen molar-refractivity contribution in [2.24, 2.45) is 5.41 Å². The van der Waals surface area contributed by atoms with Crippen LogP contribution in [0.5, 0.6) is 0 Å². The molecule has 6 rings (SSSR count). The van der Waals surface area contributed by atoms with Gasteiger partial charge in [-0.25, -0.2) is 32.2 Å². The molecule has 0 atom stereocenters. The lowest BCUT2D eigenvalue weighted by Gasteiger charge is -2.35. The molecule has 1 aliphatic carbocycles. The van der Waals surface area contributed by atoms with Crippen LogP contribution in [0.4, 0.5) is 26.1 Å². The van der Waals surface area contributed by atoms with Gasteiger partial charge in [-0.2, -0.15) is 0 Å². The molecule has 1 aromatic carbocycles. The molecule has 3 aromatic rings. The summed E-state index contributed by atoms with van der Waals surface area (Å²) in [5.74, 6) is -2.60. The standard InChI is InChI=1S/C28H35F2N7O3S/c1-20-16-22(33-26(32-20)36-12-8-28(29,30)9-13-36)23-18-37(19-31-23)24-3-2-21(34-41(39,40)15-14-38)17-25(24)35-10-6-27(4-5-27)7-11-35/h2-3,16-19,34,38H,4-15H2,1H3. The summed E-state index contributed by atoms with van der Waals surface area (Å²) in [4.78, 5) is 17.9. The Labute approximate surface area is 238 Å². The first-order chi connectivity index (χ1) is 19.5. The first kappa shape index (κ1) is 27.8. The minimum atomic E-state index is -3.67. The second-order valence-corrected chi connectivity index (χ2v) is 13.4. The van der Waals surface area contributed by atoms with E-state index in [9.17, 15) is 17.2 Å². The number of sulfonamides is 1. The molecule has 3 fully saturated rings. The molecular weight excluding hydrogens is 552 g/mol. The first-order valence-corrected chi connectivity index (χ1v) is 15.7. The average Bonchev–Trinajstić information content (AvgIpc) is 3.48. The maximum Gasteiger partial charge on any atom is 0.251 e. The molecule has 2 aromatic heterocycles. The fourth-order valence-electron chi connectivity index (χ4n) is 5.75. The molecule has 1 saturated carbocycles. The van der Waals surface area contributed by atoms with E-state index in [4.69, 9.17) is 5.11 Å². The number of hydrogen-bond donors (Lipinski definition) is 2. The molecule has 0 bridgehead atoms. The Morgan fingerprint density at radius 1 is 0.927 bits per heavy atom. The Balaban J connectivity index is 1.30. The number of halogens is 2. The van der Waals surface area contributed by atoms with E-state index in [2.05, 4.69) is 24.6 Å². The average molecular weight is 588 g/mol. The largest absolute Gasteiger partial charge is 0.395 e. The van der Waals surface area contributed by atoms with Gasteiger partial charge in [0.05, 0.1) is 35.1 Å². The Morgan fingerprint density at radius 2 is 1.63 bits per heavy atom. The minimum Gasteiger partial charge on any atom is -0.395 e. The highest BCUT2D eigenvalue weighted by Gasteiger charge is 2.44. The molecule has 41 heavy (non-hydrogen) atoms. The van der Waals surface area contributed by atoms with Crippen molar-refractivity contribution in [3.05, 3.63) is 42.5 Å². The Bertz CT molecular complexity index is 1520. The van der Waals surface area contributed by atoms with Crippen molar-refractivity contribution in [1.29, 1.82) is 0 Å². The zero-order valence-corrected chi connectivity index (χ0v) is 23.9. The van der Waals surface area contributed by atoms with E-state index in [0.29, 0.717) is 28.4 Å². The second-order valence-electron chi connectivity index (χ2n) is 11.5. The van der Waals surface area contributed by atoms with E-state index in [-0.39, 0.29) is 31.7 Å². The molecule has 220 valence electrons. The number of rotatable bonds is 8. The number of aromatic nitrogens is 4. The van der Waals surface area contributed by atoms with Crippen LogP contribution in [-0.2, 0) is 10.0 Å². The highest BCUT2D eigenvalue weighted by Crippen LogP contribution is 2.54. The molecule has 2 aliphatic heterocycles. The van der Waals surface area contributed by atoms with Crippen LogP contribution in [0.25, 0.3) is 17.1 Å². The molecule has 1 spiro atoms. The number of nitrogens with one attached hydrogen (secondary N) is 1. The zero-order chi connectivity index (χ0) is 28.8. The predicted octanol–water partition coefficient (Wildman–Crippen LogP) is 3.99. The number of aryl methyl sites for hydroxylation is 1. The van der Waals surface area contributed by atoms with Gasteiger partial charge in [0.1, 0.15) is 12.0 Å². The summed E-state index contributed by atoms with van der Waals surface area (Å²) < 4.78 is 56.6. The zero-order valence-electron chi connectivity index (χ0n) is 23.1. The van der Waals surface area contributed by atoms with E-state index in [1.54, 1.807) is 17.3 Å². The topological polar surface area (TPSA) is 116 Å².